The molecular weight excluding hydrogens is 351 g/mol. The Morgan fingerprint density at radius 2 is 1.88 bits per heavy atom. The number of ether oxygens (including phenoxy) is 1. The van der Waals surface area contributed by atoms with E-state index in [1.54, 1.807) is 18.2 Å². The first-order chi connectivity index (χ1) is 11.4. The fourth-order valence-electron chi connectivity index (χ4n) is 2.19. The average Bonchev–Trinajstić information content (AvgIpc) is 2.57. The maximum absolute atomic E-state index is 9.98. The fourth-order valence-corrected chi connectivity index (χ4v) is 2.76. The third-order valence-corrected chi connectivity index (χ3v) is 4.33. The van der Waals surface area contributed by atoms with Gasteiger partial charge < -0.3 is 20.8 Å². The van der Waals surface area contributed by atoms with E-state index in [0.717, 1.165) is 12.0 Å². The van der Waals surface area contributed by atoms with Crippen LogP contribution in [0.15, 0.2) is 35.5 Å². The van der Waals surface area contributed by atoms with E-state index in [4.69, 9.17) is 38.9 Å². The SMILES string of the molecule is CCC(C)c1cc(Oc2c(Cl)cc(/C(N)=N/O)cc2Cl)ccc1O. The van der Waals surface area contributed by atoms with Gasteiger partial charge in [0.1, 0.15) is 11.5 Å². The molecule has 0 heterocycles. The Bertz CT molecular complexity index is 755. The molecule has 0 aliphatic rings. The van der Waals surface area contributed by atoms with Crippen LogP contribution < -0.4 is 10.5 Å². The van der Waals surface area contributed by atoms with Crippen LogP contribution in [-0.2, 0) is 0 Å². The van der Waals surface area contributed by atoms with Crippen molar-refractivity contribution in [1.82, 2.24) is 0 Å². The van der Waals surface area contributed by atoms with E-state index in [0.29, 0.717) is 11.3 Å². The van der Waals surface area contributed by atoms with Crippen LogP contribution in [0.3, 0.4) is 0 Å². The molecule has 0 aromatic heterocycles. The highest BCUT2D eigenvalue weighted by Gasteiger charge is 2.15. The summed E-state index contributed by atoms with van der Waals surface area (Å²) < 4.78 is 5.78. The zero-order valence-electron chi connectivity index (χ0n) is 13.3. The van der Waals surface area contributed by atoms with E-state index < -0.39 is 0 Å². The fraction of sp³-hybridized carbons (Fsp3) is 0.235. The Balaban J connectivity index is 2.38. The van der Waals surface area contributed by atoms with Crippen molar-refractivity contribution < 1.29 is 15.1 Å². The minimum atomic E-state index is -0.103. The first kappa shape index (κ1) is 18.2. The highest BCUT2D eigenvalue weighted by Crippen LogP contribution is 2.39. The van der Waals surface area contributed by atoms with Crippen molar-refractivity contribution in [1.29, 1.82) is 0 Å². The normalized spacial score (nSPS) is 12.9. The number of phenols is 1. The first-order valence-corrected chi connectivity index (χ1v) is 8.10. The molecule has 2 aromatic rings. The number of hydrogen-bond acceptors (Lipinski definition) is 4. The number of halogens is 2. The summed E-state index contributed by atoms with van der Waals surface area (Å²) in [7, 11) is 0. The smallest absolute Gasteiger partial charge is 0.170 e. The second-order valence-corrected chi connectivity index (χ2v) is 6.20. The van der Waals surface area contributed by atoms with Gasteiger partial charge in [-0.3, -0.25) is 0 Å². The van der Waals surface area contributed by atoms with E-state index >= 15 is 0 Å². The molecule has 2 aromatic carbocycles. The van der Waals surface area contributed by atoms with Gasteiger partial charge in [0.15, 0.2) is 11.6 Å². The molecule has 0 aliphatic heterocycles. The van der Waals surface area contributed by atoms with Crippen molar-refractivity contribution in [2.75, 3.05) is 0 Å². The molecule has 0 saturated carbocycles. The zero-order chi connectivity index (χ0) is 17.9. The number of phenolic OH excluding ortho intramolecular Hbond substituents is 1. The van der Waals surface area contributed by atoms with Gasteiger partial charge in [0.2, 0.25) is 0 Å². The Morgan fingerprint density at radius 3 is 2.42 bits per heavy atom. The predicted molar refractivity (Wildman–Crippen MR) is 95.9 cm³/mol. The summed E-state index contributed by atoms with van der Waals surface area (Å²) in [5, 5.41) is 22.1. The molecule has 0 aliphatic carbocycles. The van der Waals surface area contributed by atoms with E-state index in [-0.39, 0.29) is 33.3 Å². The van der Waals surface area contributed by atoms with Gasteiger partial charge in [-0.2, -0.15) is 0 Å². The molecule has 0 saturated heterocycles. The van der Waals surface area contributed by atoms with Crippen LogP contribution in [0, 0.1) is 0 Å². The van der Waals surface area contributed by atoms with Crippen molar-refractivity contribution in [3.8, 4) is 17.2 Å². The van der Waals surface area contributed by atoms with E-state index in [2.05, 4.69) is 5.16 Å². The third-order valence-electron chi connectivity index (χ3n) is 3.76. The lowest BCUT2D eigenvalue weighted by Gasteiger charge is -2.15. The Morgan fingerprint density at radius 1 is 1.25 bits per heavy atom. The lowest BCUT2D eigenvalue weighted by atomic mass is 9.97. The number of amidine groups is 1. The number of rotatable bonds is 5. The van der Waals surface area contributed by atoms with Gasteiger partial charge in [-0.05, 0) is 42.7 Å². The number of aromatic hydroxyl groups is 1. The lowest BCUT2D eigenvalue weighted by molar-refractivity contribution is 0.318. The summed E-state index contributed by atoms with van der Waals surface area (Å²) in [5.74, 6) is 1.06. The van der Waals surface area contributed by atoms with Crippen molar-refractivity contribution >= 4 is 29.0 Å². The summed E-state index contributed by atoms with van der Waals surface area (Å²) in [6, 6.07) is 7.95. The Hall–Kier alpha value is -2.11. The van der Waals surface area contributed by atoms with Crippen LogP contribution in [0.4, 0.5) is 0 Å². The summed E-state index contributed by atoms with van der Waals surface area (Å²) in [5.41, 5.74) is 6.70. The number of oxime groups is 1. The number of nitrogens with two attached hydrogens (primary N) is 1. The van der Waals surface area contributed by atoms with E-state index in [9.17, 15) is 5.11 Å². The maximum Gasteiger partial charge on any atom is 0.170 e. The number of hydrogen-bond donors (Lipinski definition) is 3. The van der Waals surface area contributed by atoms with Gasteiger partial charge in [-0.1, -0.05) is 42.2 Å². The number of nitrogens with zero attached hydrogens (tertiary/aromatic N) is 1. The van der Waals surface area contributed by atoms with Gasteiger partial charge in [0.25, 0.3) is 0 Å². The largest absolute Gasteiger partial charge is 0.508 e. The predicted octanol–water partition coefficient (Wildman–Crippen LogP) is 5.10. The first-order valence-electron chi connectivity index (χ1n) is 7.35. The lowest BCUT2D eigenvalue weighted by Crippen LogP contribution is -2.13. The molecule has 0 fully saturated rings. The minimum absolute atomic E-state index is 0.103. The molecule has 1 atom stereocenters. The molecular formula is C17H18Cl2N2O3. The zero-order valence-corrected chi connectivity index (χ0v) is 14.8. The molecule has 0 radical (unpaired) electrons. The highest BCUT2D eigenvalue weighted by molar-refractivity contribution is 6.37. The molecule has 1 unspecified atom stereocenters. The van der Waals surface area contributed by atoms with Gasteiger partial charge >= 0.3 is 0 Å². The van der Waals surface area contributed by atoms with Crippen LogP contribution in [0.2, 0.25) is 10.0 Å². The monoisotopic (exact) mass is 368 g/mol. The Labute approximate surface area is 150 Å². The summed E-state index contributed by atoms with van der Waals surface area (Å²) in [4.78, 5) is 0. The van der Waals surface area contributed by atoms with Gasteiger partial charge in [0, 0.05) is 11.1 Å². The second-order valence-electron chi connectivity index (χ2n) is 5.39. The topological polar surface area (TPSA) is 88.1 Å². The van der Waals surface area contributed by atoms with E-state index in [1.165, 1.54) is 12.1 Å². The molecule has 0 spiro atoms. The Kier molecular flexibility index (Phi) is 5.80. The van der Waals surface area contributed by atoms with Crippen LogP contribution in [0.5, 0.6) is 17.2 Å². The standard InChI is InChI=1S/C17H18Cl2N2O3/c1-3-9(2)12-8-11(4-5-15(12)22)24-16-13(18)6-10(7-14(16)19)17(20)21-23/h4-9,22-23H,3H2,1-2H3,(H2,20,21). The molecule has 24 heavy (non-hydrogen) atoms. The van der Waals surface area contributed by atoms with Crippen molar-refractivity contribution in [2.24, 2.45) is 10.9 Å². The second kappa shape index (κ2) is 7.64. The minimum Gasteiger partial charge on any atom is -0.508 e. The van der Waals surface area contributed by atoms with Gasteiger partial charge in [0.05, 0.1) is 10.0 Å². The molecule has 0 amide bonds. The summed E-state index contributed by atoms with van der Waals surface area (Å²) >= 11 is 12.4. The molecule has 128 valence electrons. The van der Waals surface area contributed by atoms with Crippen molar-refractivity contribution in [3.63, 3.8) is 0 Å². The van der Waals surface area contributed by atoms with Crippen LogP contribution in [0.25, 0.3) is 0 Å². The molecule has 4 N–H and O–H groups in total. The van der Waals surface area contributed by atoms with Crippen LogP contribution in [-0.4, -0.2) is 16.1 Å². The molecule has 2 rings (SSSR count). The molecule has 7 heteroatoms. The average molecular weight is 369 g/mol. The highest BCUT2D eigenvalue weighted by atomic mass is 35.5. The molecule has 5 nitrogen and oxygen atoms in total. The maximum atomic E-state index is 9.98. The summed E-state index contributed by atoms with van der Waals surface area (Å²) in [6.45, 7) is 4.06. The van der Waals surface area contributed by atoms with E-state index in [1.807, 2.05) is 13.8 Å². The third kappa shape index (κ3) is 3.86. The van der Waals surface area contributed by atoms with Crippen LogP contribution in [0.1, 0.15) is 37.3 Å². The van der Waals surface area contributed by atoms with Crippen molar-refractivity contribution in [2.45, 2.75) is 26.2 Å². The van der Waals surface area contributed by atoms with Gasteiger partial charge in [-0.25, -0.2) is 0 Å². The summed E-state index contributed by atoms with van der Waals surface area (Å²) in [6.07, 6.45) is 0.882. The number of benzene rings is 2. The van der Waals surface area contributed by atoms with Gasteiger partial charge in [-0.15, -0.1) is 0 Å². The van der Waals surface area contributed by atoms with Crippen molar-refractivity contribution in [3.05, 3.63) is 51.5 Å². The molecule has 0 bridgehead atoms. The van der Waals surface area contributed by atoms with Crippen LogP contribution >= 0.6 is 23.2 Å². The quantitative estimate of drug-likeness (QED) is 0.296.